The number of aliphatic hydroxyl groups excluding tert-OH is 1. The summed E-state index contributed by atoms with van der Waals surface area (Å²) in [5.74, 6) is -0.241. The van der Waals surface area contributed by atoms with E-state index in [0.29, 0.717) is 0 Å². The summed E-state index contributed by atoms with van der Waals surface area (Å²) in [6.07, 6.45) is -2.50. The van der Waals surface area contributed by atoms with Gasteiger partial charge in [-0.25, -0.2) is 0 Å². The normalized spacial score (nSPS) is 18.5. The molecule has 1 aromatic rings. The van der Waals surface area contributed by atoms with E-state index in [2.05, 4.69) is 9.64 Å². The van der Waals surface area contributed by atoms with Crippen molar-refractivity contribution >= 4 is 0 Å². The zero-order chi connectivity index (χ0) is 13.9. The first-order valence-electron chi connectivity index (χ1n) is 6.20. The number of ether oxygens (including phenoxy) is 1. The Kier molecular flexibility index (Phi) is 4.31. The molecule has 106 valence electrons. The average molecular weight is 275 g/mol. The number of nitrogens with zero attached hydrogens (tertiary/aromatic N) is 1. The summed E-state index contributed by atoms with van der Waals surface area (Å²) in [5, 5.41) is 9.44. The molecule has 1 atom stereocenters. The Balaban J connectivity index is 2.07. The maximum absolute atomic E-state index is 12.0. The Morgan fingerprint density at radius 1 is 1.16 bits per heavy atom. The van der Waals surface area contributed by atoms with Crippen LogP contribution in [0.2, 0.25) is 0 Å². The maximum atomic E-state index is 12.0. The fourth-order valence-corrected chi connectivity index (χ4v) is 2.38. The van der Waals surface area contributed by atoms with Gasteiger partial charge in [0.25, 0.3) is 0 Å². The summed E-state index contributed by atoms with van der Waals surface area (Å²) in [5.41, 5.74) is 0.805. The zero-order valence-corrected chi connectivity index (χ0v) is 10.4. The number of likely N-dealkylation sites (tertiary alicyclic amines) is 1. The van der Waals surface area contributed by atoms with Crippen molar-refractivity contribution in [1.29, 1.82) is 0 Å². The van der Waals surface area contributed by atoms with Crippen LogP contribution in [0.1, 0.15) is 24.4 Å². The highest BCUT2D eigenvalue weighted by Crippen LogP contribution is 2.28. The average Bonchev–Trinajstić information content (AvgIpc) is 2.84. The molecule has 0 spiro atoms. The minimum Gasteiger partial charge on any atom is -0.406 e. The highest BCUT2D eigenvalue weighted by atomic mass is 19.4. The molecule has 3 nitrogen and oxygen atoms in total. The molecule has 0 saturated carbocycles. The van der Waals surface area contributed by atoms with Crippen LogP contribution < -0.4 is 4.74 Å². The molecule has 19 heavy (non-hydrogen) atoms. The number of rotatable bonds is 4. The van der Waals surface area contributed by atoms with Crippen molar-refractivity contribution in [2.45, 2.75) is 25.2 Å². The van der Waals surface area contributed by atoms with Gasteiger partial charge in [0.1, 0.15) is 5.75 Å². The second-order valence-corrected chi connectivity index (χ2v) is 4.56. The topological polar surface area (TPSA) is 32.7 Å². The summed E-state index contributed by atoms with van der Waals surface area (Å²) in [6.45, 7) is 1.78. The van der Waals surface area contributed by atoms with Crippen LogP contribution in [0.15, 0.2) is 24.3 Å². The van der Waals surface area contributed by atoms with Gasteiger partial charge in [-0.05, 0) is 43.6 Å². The molecule has 0 radical (unpaired) electrons. The lowest BCUT2D eigenvalue weighted by molar-refractivity contribution is -0.274. The Hall–Kier alpha value is -1.27. The van der Waals surface area contributed by atoms with E-state index in [1.54, 1.807) is 12.1 Å². The van der Waals surface area contributed by atoms with Gasteiger partial charge in [0.15, 0.2) is 0 Å². The van der Waals surface area contributed by atoms with Gasteiger partial charge in [0.05, 0.1) is 12.6 Å². The van der Waals surface area contributed by atoms with E-state index < -0.39 is 6.36 Å². The van der Waals surface area contributed by atoms with Crippen LogP contribution >= 0.6 is 0 Å². The predicted octanol–water partition coefficient (Wildman–Crippen LogP) is 2.71. The summed E-state index contributed by atoms with van der Waals surface area (Å²) in [4.78, 5) is 2.14. The molecule has 1 fully saturated rings. The van der Waals surface area contributed by atoms with E-state index in [-0.39, 0.29) is 18.4 Å². The molecule has 1 aromatic carbocycles. The first kappa shape index (κ1) is 14.1. The Morgan fingerprint density at radius 2 is 1.74 bits per heavy atom. The fourth-order valence-electron chi connectivity index (χ4n) is 2.38. The van der Waals surface area contributed by atoms with E-state index >= 15 is 0 Å². The minimum absolute atomic E-state index is 0.0422. The van der Waals surface area contributed by atoms with Crippen molar-refractivity contribution in [2.24, 2.45) is 0 Å². The van der Waals surface area contributed by atoms with Gasteiger partial charge < -0.3 is 9.84 Å². The molecule has 1 saturated heterocycles. The van der Waals surface area contributed by atoms with E-state index in [1.807, 2.05) is 0 Å². The zero-order valence-electron chi connectivity index (χ0n) is 10.4. The highest BCUT2D eigenvalue weighted by molar-refractivity contribution is 5.29. The molecule has 0 amide bonds. The molecule has 6 heteroatoms. The van der Waals surface area contributed by atoms with Crippen LogP contribution in [-0.4, -0.2) is 36.1 Å². The SMILES string of the molecule is OCC(c1ccc(OC(F)(F)F)cc1)N1CCCC1. The minimum atomic E-state index is -4.67. The molecule has 0 aromatic heterocycles. The highest BCUT2D eigenvalue weighted by Gasteiger charge is 2.31. The third kappa shape index (κ3) is 3.84. The van der Waals surface area contributed by atoms with Gasteiger partial charge in [-0.1, -0.05) is 12.1 Å². The predicted molar refractivity (Wildman–Crippen MR) is 63.8 cm³/mol. The number of hydrogen-bond donors (Lipinski definition) is 1. The van der Waals surface area contributed by atoms with Gasteiger partial charge in [-0.15, -0.1) is 13.2 Å². The van der Waals surface area contributed by atoms with Crippen molar-refractivity contribution < 1.29 is 23.0 Å². The standard InChI is InChI=1S/C13H16F3NO2/c14-13(15,16)19-11-5-3-10(4-6-11)12(9-18)17-7-1-2-8-17/h3-6,12,18H,1-2,7-9H2. The monoisotopic (exact) mass is 275 g/mol. The first-order valence-corrected chi connectivity index (χ1v) is 6.20. The number of aliphatic hydroxyl groups is 1. The van der Waals surface area contributed by atoms with Crippen molar-refractivity contribution in [2.75, 3.05) is 19.7 Å². The van der Waals surface area contributed by atoms with Gasteiger partial charge in [-0.2, -0.15) is 0 Å². The lowest BCUT2D eigenvalue weighted by Crippen LogP contribution is -2.28. The largest absolute Gasteiger partial charge is 0.573 e. The van der Waals surface area contributed by atoms with Crippen LogP contribution in [0.4, 0.5) is 13.2 Å². The lowest BCUT2D eigenvalue weighted by Gasteiger charge is -2.26. The maximum Gasteiger partial charge on any atom is 0.573 e. The van der Waals surface area contributed by atoms with Crippen LogP contribution in [0, 0.1) is 0 Å². The van der Waals surface area contributed by atoms with Gasteiger partial charge >= 0.3 is 6.36 Å². The van der Waals surface area contributed by atoms with Crippen molar-refractivity contribution in [3.63, 3.8) is 0 Å². The molecular weight excluding hydrogens is 259 g/mol. The third-order valence-corrected chi connectivity index (χ3v) is 3.25. The van der Waals surface area contributed by atoms with Crippen molar-refractivity contribution in [1.82, 2.24) is 4.90 Å². The number of alkyl halides is 3. The van der Waals surface area contributed by atoms with Crippen LogP contribution in [0.25, 0.3) is 0 Å². The molecule has 0 aliphatic carbocycles. The lowest BCUT2D eigenvalue weighted by atomic mass is 10.1. The quantitative estimate of drug-likeness (QED) is 0.917. The molecule has 1 heterocycles. The molecule has 1 aliphatic rings. The number of halogens is 3. The molecule has 2 rings (SSSR count). The Labute approximate surface area is 109 Å². The van der Waals surface area contributed by atoms with Crippen molar-refractivity contribution in [3.05, 3.63) is 29.8 Å². The van der Waals surface area contributed by atoms with E-state index in [4.69, 9.17) is 0 Å². The van der Waals surface area contributed by atoms with Crippen LogP contribution in [-0.2, 0) is 0 Å². The van der Waals surface area contributed by atoms with Crippen molar-refractivity contribution in [3.8, 4) is 5.75 Å². The molecular formula is C13H16F3NO2. The second kappa shape index (κ2) is 5.79. The van der Waals surface area contributed by atoms with Crippen LogP contribution in [0.5, 0.6) is 5.75 Å². The summed E-state index contributed by atoms with van der Waals surface area (Å²) in [7, 11) is 0. The molecule has 1 N–H and O–H groups in total. The smallest absolute Gasteiger partial charge is 0.406 e. The molecule has 1 aliphatic heterocycles. The molecule has 0 bridgehead atoms. The van der Waals surface area contributed by atoms with Gasteiger partial charge in [0, 0.05) is 0 Å². The summed E-state index contributed by atoms with van der Waals surface area (Å²) in [6, 6.07) is 5.55. The van der Waals surface area contributed by atoms with E-state index in [0.717, 1.165) is 31.5 Å². The summed E-state index contributed by atoms with van der Waals surface area (Å²) >= 11 is 0. The van der Waals surface area contributed by atoms with Gasteiger partial charge in [0.2, 0.25) is 0 Å². The Bertz CT molecular complexity index is 399. The van der Waals surface area contributed by atoms with Gasteiger partial charge in [-0.3, -0.25) is 4.90 Å². The first-order chi connectivity index (χ1) is 8.99. The number of hydrogen-bond acceptors (Lipinski definition) is 3. The fraction of sp³-hybridized carbons (Fsp3) is 0.538. The number of benzene rings is 1. The second-order valence-electron chi connectivity index (χ2n) is 4.56. The van der Waals surface area contributed by atoms with E-state index in [9.17, 15) is 18.3 Å². The van der Waals surface area contributed by atoms with E-state index in [1.165, 1.54) is 12.1 Å². The molecule has 1 unspecified atom stereocenters. The summed E-state index contributed by atoms with van der Waals surface area (Å²) < 4.78 is 39.9. The Morgan fingerprint density at radius 3 is 2.21 bits per heavy atom. The third-order valence-electron chi connectivity index (χ3n) is 3.25. The van der Waals surface area contributed by atoms with Crippen LogP contribution in [0.3, 0.4) is 0 Å².